The zero-order chi connectivity index (χ0) is 14.0. The topological polar surface area (TPSA) is 66.8 Å². The van der Waals surface area contributed by atoms with Gasteiger partial charge in [-0.25, -0.2) is 0 Å². The van der Waals surface area contributed by atoms with E-state index < -0.39 is 11.9 Å². The normalized spacial score (nSPS) is 14.9. The number of ether oxygens (including phenoxy) is 1. The Balaban J connectivity index is 1.95. The van der Waals surface area contributed by atoms with Crippen LogP contribution in [0.5, 0.6) is 5.75 Å². The van der Waals surface area contributed by atoms with Crippen LogP contribution in [0.1, 0.15) is 11.1 Å². The number of hydrogen-bond donors (Lipinski definition) is 1. The molecule has 0 spiro atoms. The third-order valence-electron chi connectivity index (χ3n) is 3.41. The number of carbonyl (C=O) groups is 2. The van der Waals surface area contributed by atoms with Crippen LogP contribution in [0.25, 0.3) is 0 Å². The Labute approximate surface area is 111 Å². The first-order valence-electron chi connectivity index (χ1n) is 6.15. The highest BCUT2D eigenvalue weighted by Gasteiger charge is 2.35. The molecular formula is C14H17NO4. The molecule has 1 amide bonds. The molecule has 0 aliphatic carbocycles. The standard InChI is InChI=1S/C14H17NO4/c1-9-3-4-10(5-12(9)19-2)6-13(16)15-7-11(8-15)14(17)18/h3-5,11H,6-8H2,1-2H3,(H,17,18). The minimum atomic E-state index is -0.832. The molecule has 1 aliphatic heterocycles. The van der Waals surface area contributed by atoms with Gasteiger partial charge in [0.25, 0.3) is 0 Å². The summed E-state index contributed by atoms with van der Waals surface area (Å²) in [5.74, 6) is -0.515. The van der Waals surface area contributed by atoms with Gasteiger partial charge in [0.15, 0.2) is 0 Å². The van der Waals surface area contributed by atoms with Gasteiger partial charge in [-0.2, -0.15) is 0 Å². The number of nitrogens with zero attached hydrogens (tertiary/aromatic N) is 1. The van der Waals surface area contributed by atoms with E-state index in [-0.39, 0.29) is 12.3 Å². The molecule has 0 radical (unpaired) electrons. The van der Waals surface area contributed by atoms with Gasteiger partial charge in [0.05, 0.1) is 19.4 Å². The fraction of sp³-hybridized carbons (Fsp3) is 0.429. The van der Waals surface area contributed by atoms with E-state index in [4.69, 9.17) is 9.84 Å². The van der Waals surface area contributed by atoms with Crippen molar-refractivity contribution in [2.45, 2.75) is 13.3 Å². The largest absolute Gasteiger partial charge is 0.496 e. The third kappa shape index (κ3) is 2.86. The summed E-state index contributed by atoms with van der Waals surface area (Å²) in [4.78, 5) is 24.2. The van der Waals surface area contributed by atoms with Crippen LogP contribution >= 0.6 is 0 Å². The maximum absolute atomic E-state index is 11.9. The van der Waals surface area contributed by atoms with Crippen LogP contribution in [-0.4, -0.2) is 42.1 Å². The van der Waals surface area contributed by atoms with Crippen LogP contribution in [-0.2, 0) is 16.0 Å². The molecule has 5 heteroatoms. The Bertz CT molecular complexity index is 506. The molecule has 1 N–H and O–H groups in total. The number of methoxy groups -OCH3 is 1. The fourth-order valence-electron chi connectivity index (χ4n) is 2.10. The number of aryl methyl sites for hydroxylation is 1. The van der Waals surface area contributed by atoms with Crippen molar-refractivity contribution in [1.29, 1.82) is 0 Å². The lowest BCUT2D eigenvalue weighted by Crippen LogP contribution is -2.53. The zero-order valence-electron chi connectivity index (χ0n) is 11.0. The van der Waals surface area contributed by atoms with E-state index in [9.17, 15) is 9.59 Å². The molecule has 102 valence electrons. The quantitative estimate of drug-likeness (QED) is 0.883. The first-order chi connectivity index (χ1) is 9.01. The van der Waals surface area contributed by atoms with Gasteiger partial charge in [0.1, 0.15) is 5.75 Å². The number of hydrogen-bond acceptors (Lipinski definition) is 3. The van der Waals surface area contributed by atoms with Gasteiger partial charge >= 0.3 is 5.97 Å². The number of rotatable bonds is 4. The highest BCUT2D eigenvalue weighted by Crippen LogP contribution is 2.21. The number of carboxylic acid groups (broad SMARTS) is 1. The van der Waals surface area contributed by atoms with Gasteiger partial charge in [-0.3, -0.25) is 9.59 Å². The smallest absolute Gasteiger partial charge is 0.310 e. The molecule has 1 aromatic rings. The molecule has 1 heterocycles. The fourth-order valence-corrected chi connectivity index (χ4v) is 2.10. The average molecular weight is 263 g/mol. The molecule has 0 atom stereocenters. The van der Waals surface area contributed by atoms with Gasteiger partial charge in [0.2, 0.25) is 5.91 Å². The van der Waals surface area contributed by atoms with Crippen LogP contribution in [0.3, 0.4) is 0 Å². The summed E-state index contributed by atoms with van der Waals surface area (Å²) in [5, 5.41) is 8.77. The Hall–Kier alpha value is -2.04. The van der Waals surface area contributed by atoms with Crippen LogP contribution in [0.2, 0.25) is 0 Å². The molecule has 5 nitrogen and oxygen atoms in total. The van der Waals surface area contributed by atoms with E-state index in [1.165, 1.54) is 0 Å². The predicted molar refractivity (Wildman–Crippen MR) is 69.1 cm³/mol. The van der Waals surface area contributed by atoms with Gasteiger partial charge < -0.3 is 14.7 Å². The van der Waals surface area contributed by atoms with Crippen molar-refractivity contribution in [3.63, 3.8) is 0 Å². The van der Waals surface area contributed by atoms with Gasteiger partial charge in [-0.05, 0) is 24.1 Å². The number of benzene rings is 1. The van der Waals surface area contributed by atoms with Gasteiger partial charge in [0, 0.05) is 13.1 Å². The van der Waals surface area contributed by atoms with Crippen molar-refractivity contribution in [2.75, 3.05) is 20.2 Å². The summed E-state index contributed by atoms with van der Waals surface area (Å²) in [7, 11) is 1.60. The molecule has 1 aliphatic rings. The highest BCUT2D eigenvalue weighted by atomic mass is 16.5. The minimum absolute atomic E-state index is 0.0385. The summed E-state index contributed by atoms with van der Waals surface area (Å²) in [6, 6.07) is 5.66. The lowest BCUT2D eigenvalue weighted by atomic mass is 9.99. The van der Waals surface area contributed by atoms with Gasteiger partial charge in [-0.1, -0.05) is 12.1 Å². The Morgan fingerprint density at radius 2 is 2.11 bits per heavy atom. The summed E-state index contributed by atoms with van der Waals surface area (Å²) in [5.41, 5.74) is 1.90. The van der Waals surface area contributed by atoms with Crippen LogP contribution < -0.4 is 4.74 Å². The van der Waals surface area contributed by atoms with Crippen LogP contribution in [0.15, 0.2) is 18.2 Å². The lowest BCUT2D eigenvalue weighted by molar-refractivity contribution is -0.152. The summed E-state index contributed by atoms with van der Waals surface area (Å²) >= 11 is 0. The number of aliphatic carboxylic acids is 1. The van der Waals surface area contributed by atoms with E-state index in [2.05, 4.69) is 0 Å². The number of amides is 1. The molecule has 0 saturated carbocycles. The Morgan fingerprint density at radius 3 is 2.68 bits per heavy atom. The van der Waals surface area contributed by atoms with Crippen molar-refractivity contribution in [3.8, 4) is 5.75 Å². The van der Waals surface area contributed by atoms with E-state index >= 15 is 0 Å². The number of carboxylic acids is 1. The second-order valence-electron chi connectivity index (χ2n) is 4.81. The van der Waals surface area contributed by atoms with E-state index in [1.807, 2.05) is 25.1 Å². The van der Waals surface area contributed by atoms with Crippen molar-refractivity contribution >= 4 is 11.9 Å². The highest BCUT2D eigenvalue weighted by molar-refractivity contribution is 5.82. The summed E-state index contributed by atoms with van der Waals surface area (Å²) < 4.78 is 5.21. The predicted octanol–water partition coefficient (Wildman–Crippen LogP) is 1.09. The van der Waals surface area contributed by atoms with E-state index in [0.29, 0.717) is 13.1 Å². The molecule has 1 fully saturated rings. The minimum Gasteiger partial charge on any atom is -0.496 e. The zero-order valence-corrected chi connectivity index (χ0v) is 11.0. The number of likely N-dealkylation sites (tertiary alicyclic amines) is 1. The molecular weight excluding hydrogens is 246 g/mol. The van der Waals surface area contributed by atoms with E-state index in [1.54, 1.807) is 12.0 Å². The first kappa shape index (κ1) is 13.4. The number of carbonyl (C=O) groups excluding carboxylic acids is 1. The van der Waals surface area contributed by atoms with Crippen molar-refractivity contribution in [2.24, 2.45) is 5.92 Å². The molecule has 0 bridgehead atoms. The van der Waals surface area contributed by atoms with Crippen molar-refractivity contribution in [1.82, 2.24) is 4.90 Å². The maximum atomic E-state index is 11.9. The third-order valence-corrected chi connectivity index (χ3v) is 3.41. The molecule has 2 rings (SSSR count). The summed E-state index contributed by atoms with van der Waals surface area (Å²) in [6.07, 6.45) is 0.281. The second-order valence-corrected chi connectivity index (χ2v) is 4.81. The maximum Gasteiger partial charge on any atom is 0.310 e. The molecule has 0 aromatic heterocycles. The van der Waals surface area contributed by atoms with Crippen LogP contribution in [0, 0.1) is 12.8 Å². The Kier molecular flexibility index (Phi) is 3.74. The average Bonchev–Trinajstić information content (AvgIpc) is 2.29. The first-order valence-corrected chi connectivity index (χ1v) is 6.15. The monoisotopic (exact) mass is 263 g/mol. The van der Waals surface area contributed by atoms with Crippen molar-refractivity contribution in [3.05, 3.63) is 29.3 Å². The SMILES string of the molecule is COc1cc(CC(=O)N2CC(C(=O)O)C2)ccc1C. The molecule has 1 aromatic carbocycles. The second kappa shape index (κ2) is 5.30. The van der Waals surface area contributed by atoms with Crippen LogP contribution in [0.4, 0.5) is 0 Å². The van der Waals surface area contributed by atoms with Crippen molar-refractivity contribution < 1.29 is 19.4 Å². The molecule has 19 heavy (non-hydrogen) atoms. The summed E-state index contributed by atoms with van der Waals surface area (Å²) in [6.45, 7) is 2.58. The molecule has 0 unspecified atom stereocenters. The molecule has 1 saturated heterocycles. The lowest BCUT2D eigenvalue weighted by Gasteiger charge is -2.36. The van der Waals surface area contributed by atoms with Gasteiger partial charge in [-0.15, -0.1) is 0 Å². The Morgan fingerprint density at radius 1 is 1.42 bits per heavy atom. The van der Waals surface area contributed by atoms with E-state index in [0.717, 1.165) is 16.9 Å².